The second-order valence-corrected chi connectivity index (χ2v) is 10.7. The number of para-hydroxylation sites is 1. The average Bonchev–Trinajstić information content (AvgIpc) is 3.00. The SMILES string of the molecule is O=C(O)C(CCN(CCCCc1ccc2c(n1)NCCC2)CCN1CCOCC1)Nc1ncnc2ccccc12. The third-order valence-corrected chi connectivity index (χ3v) is 7.83. The molecule has 4 heterocycles. The molecule has 5 rings (SSSR count). The number of hydrogen-bond donors (Lipinski definition) is 3. The Hall–Kier alpha value is -3.34. The van der Waals surface area contributed by atoms with Crippen molar-refractivity contribution in [2.45, 2.75) is 44.6 Å². The molecule has 214 valence electrons. The van der Waals surface area contributed by atoms with E-state index in [2.05, 4.69) is 42.5 Å². The summed E-state index contributed by atoms with van der Waals surface area (Å²) in [6.07, 6.45) is 7.27. The van der Waals surface area contributed by atoms with Gasteiger partial charge in [0, 0.05) is 50.3 Å². The summed E-state index contributed by atoms with van der Waals surface area (Å²) in [5, 5.41) is 17.5. The van der Waals surface area contributed by atoms with Gasteiger partial charge in [-0.1, -0.05) is 18.2 Å². The lowest BCUT2D eigenvalue weighted by Gasteiger charge is -2.30. The zero-order valence-corrected chi connectivity index (χ0v) is 23.2. The lowest BCUT2D eigenvalue weighted by Crippen LogP contribution is -2.43. The lowest BCUT2D eigenvalue weighted by atomic mass is 10.1. The molecule has 0 amide bonds. The topological polar surface area (TPSA) is 116 Å². The largest absolute Gasteiger partial charge is 0.480 e. The quantitative estimate of drug-likeness (QED) is 0.260. The number of unbranched alkanes of at least 4 members (excludes halogenated alkanes) is 1. The number of aliphatic carboxylic acids is 1. The summed E-state index contributed by atoms with van der Waals surface area (Å²) >= 11 is 0. The average molecular weight is 548 g/mol. The van der Waals surface area contributed by atoms with Crippen LogP contribution in [0, 0.1) is 0 Å². The van der Waals surface area contributed by atoms with Gasteiger partial charge in [-0.15, -0.1) is 0 Å². The number of nitrogens with zero attached hydrogens (tertiary/aromatic N) is 5. The standard InChI is InChI=1S/C30H41N7O3/c38-30(39)27(35-29-25-8-1-2-9-26(25)32-22-33-29)12-15-36(16-17-37-18-20-40-21-19-37)14-4-3-7-24-11-10-23-6-5-13-31-28(23)34-24/h1-2,8-11,22,27H,3-7,12-21H2,(H,31,34)(H,38,39)(H,32,33,35). The Bertz CT molecular complexity index is 1250. The first-order valence-corrected chi connectivity index (χ1v) is 14.6. The molecule has 0 bridgehead atoms. The van der Waals surface area contributed by atoms with Crippen LogP contribution in [-0.4, -0.2) is 101 Å². The predicted molar refractivity (Wildman–Crippen MR) is 157 cm³/mol. The van der Waals surface area contributed by atoms with E-state index in [0.29, 0.717) is 18.8 Å². The number of anilines is 2. The van der Waals surface area contributed by atoms with Gasteiger partial charge >= 0.3 is 5.97 Å². The Morgan fingerprint density at radius 3 is 2.85 bits per heavy atom. The van der Waals surface area contributed by atoms with Crippen molar-refractivity contribution in [3.63, 3.8) is 0 Å². The van der Waals surface area contributed by atoms with E-state index < -0.39 is 12.0 Å². The van der Waals surface area contributed by atoms with Crippen LogP contribution in [0.15, 0.2) is 42.7 Å². The van der Waals surface area contributed by atoms with Crippen LogP contribution in [0.25, 0.3) is 10.9 Å². The van der Waals surface area contributed by atoms with E-state index in [9.17, 15) is 9.90 Å². The van der Waals surface area contributed by atoms with Crippen LogP contribution >= 0.6 is 0 Å². The number of rotatable bonds is 14. The van der Waals surface area contributed by atoms with E-state index in [1.165, 1.54) is 18.3 Å². The number of morpholine rings is 1. The summed E-state index contributed by atoms with van der Waals surface area (Å²) < 4.78 is 5.51. The minimum Gasteiger partial charge on any atom is -0.480 e. The van der Waals surface area contributed by atoms with Crippen LogP contribution in [0.5, 0.6) is 0 Å². The Balaban J connectivity index is 1.16. The van der Waals surface area contributed by atoms with Gasteiger partial charge in [0.15, 0.2) is 0 Å². The summed E-state index contributed by atoms with van der Waals surface area (Å²) in [6, 6.07) is 11.3. The van der Waals surface area contributed by atoms with Crippen molar-refractivity contribution < 1.29 is 14.6 Å². The number of carbonyl (C=O) groups is 1. The molecule has 1 saturated heterocycles. The number of benzene rings is 1. The Kier molecular flexibility index (Phi) is 10.1. The van der Waals surface area contributed by atoms with Crippen LogP contribution in [-0.2, 0) is 22.4 Å². The molecule has 2 aliphatic rings. The first kappa shape index (κ1) is 28.2. The molecule has 0 spiro atoms. The van der Waals surface area contributed by atoms with Gasteiger partial charge in [-0.2, -0.15) is 0 Å². The van der Waals surface area contributed by atoms with E-state index in [1.807, 2.05) is 24.3 Å². The molecule has 10 heteroatoms. The summed E-state index contributed by atoms with van der Waals surface area (Å²) in [5.74, 6) is 0.743. The Morgan fingerprint density at radius 2 is 1.98 bits per heavy atom. The maximum Gasteiger partial charge on any atom is 0.326 e. The second-order valence-electron chi connectivity index (χ2n) is 10.7. The van der Waals surface area contributed by atoms with Crippen molar-refractivity contribution in [1.29, 1.82) is 0 Å². The van der Waals surface area contributed by atoms with Crippen molar-refractivity contribution in [2.75, 3.05) is 69.7 Å². The Labute approximate surface area is 236 Å². The van der Waals surface area contributed by atoms with Crippen LogP contribution in [0.2, 0.25) is 0 Å². The predicted octanol–water partition coefficient (Wildman–Crippen LogP) is 3.30. The van der Waals surface area contributed by atoms with Crippen LogP contribution in [0.1, 0.15) is 36.9 Å². The van der Waals surface area contributed by atoms with Crippen molar-refractivity contribution in [3.8, 4) is 0 Å². The van der Waals surface area contributed by atoms with Gasteiger partial charge in [-0.3, -0.25) is 4.90 Å². The number of aryl methyl sites for hydroxylation is 2. The fourth-order valence-electron chi connectivity index (χ4n) is 5.45. The zero-order chi connectivity index (χ0) is 27.6. The Morgan fingerprint density at radius 1 is 1.10 bits per heavy atom. The highest BCUT2D eigenvalue weighted by molar-refractivity contribution is 5.90. The molecular weight excluding hydrogens is 506 g/mol. The monoisotopic (exact) mass is 547 g/mol. The fraction of sp³-hybridized carbons (Fsp3) is 0.533. The maximum absolute atomic E-state index is 12.2. The minimum atomic E-state index is -0.872. The second kappa shape index (κ2) is 14.3. The molecule has 3 aromatic rings. The molecule has 0 saturated carbocycles. The highest BCUT2D eigenvalue weighted by atomic mass is 16.5. The van der Waals surface area contributed by atoms with E-state index in [4.69, 9.17) is 9.72 Å². The van der Waals surface area contributed by atoms with Crippen molar-refractivity contribution in [2.24, 2.45) is 0 Å². The van der Waals surface area contributed by atoms with E-state index in [1.54, 1.807) is 0 Å². The summed E-state index contributed by atoms with van der Waals surface area (Å²) in [6.45, 7) is 7.95. The van der Waals surface area contributed by atoms with Crippen LogP contribution in [0.4, 0.5) is 11.6 Å². The number of nitrogens with one attached hydrogen (secondary N) is 2. The summed E-state index contributed by atoms with van der Waals surface area (Å²) in [7, 11) is 0. The third-order valence-electron chi connectivity index (χ3n) is 7.83. The zero-order valence-electron chi connectivity index (χ0n) is 23.2. The highest BCUT2D eigenvalue weighted by Crippen LogP contribution is 2.21. The summed E-state index contributed by atoms with van der Waals surface area (Å²) in [5.41, 5.74) is 3.25. The van der Waals surface area contributed by atoms with Crippen molar-refractivity contribution >= 4 is 28.5 Å². The van der Waals surface area contributed by atoms with Gasteiger partial charge in [0.05, 0.1) is 18.7 Å². The van der Waals surface area contributed by atoms with Gasteiger partial charge in [0.25, 0.3) is 0 Å². The summed E-state index contributed by atoms with van der Waals surface area (Å²) in [4.78, 5) is 30.5. The normalized spacial score (nSPS) is 16.4. The number of ether oxygens (including phenoxy) is 1. The van der Waals surface area contributed by atoms with Gasteiger partial charge in [0.1, 0.15) is 24.0 Å². The maximum atomic E-state index is 12.2. The fourth-order valence-corrected chi connectivity index (χ4v) is 5.45. The molecule has 40 heavy (non-hydrogen) atoms. The molecule has 2 aromatic heterocycles. The van der Waals surface area contributed by atoms with E-state index >= 15 is 0 Å². The molecule has 0 radical (unpaired) electrons. The number of aromatic nitrogens is 3. The van der Waals surface area contributed by atoms with E-state index in [0.717, 1.165) is 101 Å². The smallest absolute Gasteiger partial charge is 0.326 e. The minimum absolute atomic E-state index is 0.481. The molecule has 3 N–H and O–H groups in total. The van der Waals surface area contributed by atoms with Crippen LogP contribution < -0.4 is 10.6 Å². The molecule has 1 unspecified atom stereocenters. The number of pyridine rings is 1. The van der Waals surface area contributed by atoms with Crippen LogP contribution in [0.3, 0.4) is 0 Å². The molecule has 10 nitrogen and oxygen atoms in total. The van der Waals surface area contributed by atoms with Crippen molar-refractivity contribution in [3.05, 3.63) is 54.0 Å². The number of fused-ring (bicyclic) bond motifs is 2. The molecule has 1 fully saturated rings. The number of carboxylic acids is 1. The number of hydrogen-bond acceptors (Lipinski definition) is 9. The molecule has 0 aliphatic carbocycles. The van der Waals surface area contributed by atoms with E-state index in [-0.39, 0.29) is 0 Å². The lowest BCUT2D eigenvalue weighted by molar-refractivity contribution is -0.138. The first-order valence-electron chi connectivity index (χ1n) is 14.6. The van der Waals surface area contributed by atoms with Gasteiger partial charge < -0.3 is 25.4 Å². The van der Waals surface area contributed by atoms with Gasteiger partial charge in [-0.05, 0) is 68.8 Å². The molecule has 1 aromatic carbocycles. The highest BCUT2D eigenvalue weighted by Gasteiger charge is 2.21. The van der Waals surface area contributed by atoms with Gasteiger partial charge in [-0.25, -0.2) is 19.7 Å². The molecule has 1 atom stereocenters. The molecular formula is C30H41N7O3. The van der Waals surface area contributed by atoms with Crippen molar-refractivity contribution in [1.82, 2.24) is 24.8 Å². The van der Waals surface area contributed by atoms with Gasteiger partial charge in [0.2, 0.25) is 0 Å². The molecule has 2 aliphatic heterocycles. The number of carboxylic acid groups (broad SMARTS) is 1. The first-order chi connectivity index (χ1) is 19.7. The third kappa shape index (κ3) is 7.87.